The molecule has 0 amide bonds. The maximum Gasteiger partial charge on any atom is 0.0639 e. The van der Waals surface area contributed by atoms with Gasteiger partial charge in [-0.05, 0) is 60.8 Å². The largest absolute Gasteiger partial charge is 0.384 e. The molecule has 96 valence electrons. The molecule has 0 fully saturated rings. The van der Waals surface area contributed by atoms with Gasteiger partial charge in [-0.25, -0.2) is 0 Å². The molecule has 0 aliphatic carbocycles. The molecule has 1 rings (SSSR count). The number of rotatable bonds is 5. The van der Waals surface area contributed by atoms with Crippen molar-refractivity contribution in [3.8, 4) is 0 Å². The number of ether oxygens (including phenoxy) is 1. The number of aryl methyl sites for hydroxylation is 1. The van der Waals surface area contributed by atoms with Gasteiger partial charge in [0.05, 0.1) is 5.60 Å². The zero-order valence-corrected chi connectivity index (χ0v) is 13.1. The van der Waals surface area contributed by atoms with Crippen molar-refractivity contribution >= 4 is 33.2 Å². The summed E-state index contributed by atoms with van der Waals surface area (Å²) < 4.78 is 6.41. The van der Waals surface area contributed by atoms with Crippen LogP contribution in [0, 0.1) is 6.92 Å². The highest BCUT2D eigenvalue weighted by molar-refractivity contribution is 9.10. The van der Waals surface area contributed by atoms with Gasteiger partial charge in [-0.1, -0.05) is 11.6 Å². The second-order valence-electron chi connectivity index (χ2n) is 4.72. The second-order valence-corrected chi connectivity index (χ2v) is 5.98. The Morgan fingerprint density at radius 2 is 2.06 bits per heavy atom. The van der Waals surface area contributed by atoms with Crippen LogP contribution in [0.4, 0.5) is 5.69 Å². The number of hydrogen-bond donors (Lipinski definition) is 1. The van der Waals surface area contributed by atoms with Gasteiger partial charge in [-0.3, -0.25) is 0 Å². The van der Waals surface area contributed by atoms with Crippen molar-refractivity contribution in [3.63, 3.8) is 0 Å². The van der Waals surface area contributed by atoms with Gasteiger partial charge in [0.2, 0.25) is 0 Å². The third-order valence-corrected chi connectivity index (χ3v) is 3.91. The highest BCUT2D eigenvalue weighted by Gasteiger charge is 2.15. The van der Waals surface area contributed by atoms with Gasteiger partial charge in [-0.2, -0.15) is 0 Å². The molecule has 0 bridgehead atoms. The zero-order chi connectivity index (χ0) is 13.1. The topological polar surface area (TPSA) is 21.3 Å². The molecule has 0 atom stereocenters. The van der Waals surface area contributed by atoms with Crippen LogP contribution in [0.2, 0.25) is 5.02 Å². The van der Waals surface area contributed by atoms with Crippen LogP contribution in [0.25, 0.3) is 0 Å². The number of benzene rings is 1. The van der Waals surface area contributed by atoms with E-state index in [1.165, 1.54) is 0 Å². The maximum absolute atomic E-state index is 6.10. The summed E-state index contributed by atoms with van der Waals surface area (Å²) in [7, 11) is 1.73. The predicted octanol–water partition coefficient (Wildman–Crippen LogP) is 4.64. The molecule has 0 aliphatic heterocycles. The van der Waals surface area contributed by atoms with E-state index in [9.17, 15) is 0 Å². The molecule has 0 spiro atoms. The van der Waals surface area contributed by atoms with Crippen molar-refractivity contribution in [1.82, 2.24) is 0 Å². The lowest BCUT2D eigenvalue weighted by Crippen LogP contribution is -2.25. The molecule has 1 aromatic carbocycles. The quantitative estimate of drug-likeness (QED) is 0.853. The molecule has 0 aromatic heterocycles. The lowest BCUT2D eigenvalue weighted by molar-refractivity contribution is 0.0185. The number of hydrogen-bond acceptors (Lipinski definition) is 2. The molecule has 1 aromatic rings. The molecule has 1 N–H and O–H groups in total. The van der Waals surface area contributed by atoms with Crippen molar-refractivity contribution < 1.29 is 4.74 Å². The van der Waals surface area contributed by atoms with E-state index in [0.717, 1.165) is 33.7 Å². The maximum atomic E-state index is 6.10. The molecule has 4 heteroatoms. The van der Waals surface area contributed by atoms with Gasteiger partial charge in [0.25, 0.3) is 0 Å². The Kier molecular flexibility index (Phi) is 5.29. The van der Waals surface area contributed by atoms with Crippen LogP contribution in [0.3, 0.4) is 0 Å². The lowest BCUT2D eigenvalue weighted by atomic mass is 10.1. The van der Waals surface area contributed by atoms with Crippen molar-refractivity contribution in [2.75, 3.05) is 19.0 Å². The number of anilines is 1. The van der Waals surface area contributed by atoms with Crippen molar-refractivity contribution in [3.05, 3.63) is 27.2 Å². The van der Waals surface area contributed by atoms with Crippen molar-refractivity contribution in [1.29, 1.82) is 0 Å². The highest BCUT2D eigenvalue weighted by Crippen LogP contribution is 2.29. The average Bonchev–Trinajstić information content (AvgIpc) is 2.25. The van der Waals surface area contributed by atoms with E-state index in [1.807, 2.05) is 19.1 Å². The predicted molar refractivity (Wildman–Crippen MR) is 78.1 cm³/mol. The van der Waals surface area contributed by atoms with Gasteiger partial charge in [0, 0.05) is 28.8 Å². The normalized spacial score (nSPS) is 11.6. The Morgan fingerprint density at radius 3 is 2.65 bits per heavy atom. The first-order valence-electron chi connectivity index (χ1n) is 5.60. The second kappa shape index (κ2) is 6.07. The Bertz CT molecular complexity index is 393. The van der Waals surface area contributed by atoms with Gasteiger partial charge in [-0.15, -0.1) is 0 Å². The number of halogens is 2. The summed E-state index contributed by atoms with van der Waals surface area (Å²) in [6.07, 6.45) is 0.932. The summed E-state index contributed by atoms with van der Waals surface area (Å²) in [5, 5.41) is 4.14. The summed E-state index contributed by atoms with van der Waals surface area (Å²) in [5.41, 5.74) is 1.99. The third-order valence-electron chi connectivity index (χ3n) is 2.84. The van der Waals surface area contributed by atoms with E-state index in [1.54, 1.807) is 7.11 Å². The van der Waals surface area contributed by atoms with Crippen LogP contribution in [-0.2, 0) is 4.74 Å². The molecular weight excluding hydrogens is 302 g/mol. The molecule has 0 aliphatic rings. The molecule has 0 saturated heterocycles. The molecule has 0 radical (unpaired) electrons. The van der Waals surface area contributed by atoms with E-state index in [-0.39, 0.29) is 5.60 Å². The molecule has 0 unspecified atom stereocenters. The Balaban J connectivity index is 2.61. The minimum Gasteiger partial charge on any atom is -0.384 e. The van der Waals surface area contributed by atoms with Gasteiger partial charge < -0.3 is 10.1 Å². The third kappa shape index (κ3) is 4.49. The summed E-state index contributed by atoms with van der Waals surface area (Å²) in [6, 6.07) is 3.97. The zero-order valence-electron chi connectivity index (χ0n) is 10.7. The number of nitrogens with one attached hydrogen (secondary N) is 1. The summed E-state index contributed by atoms with van der Waals surface area (Å²) in [4.78, 5) is 0. The fourth-order valence-corrected chi connectivity index (χ4v) is 2.14. The first-order valence-corrected chi connectivity index (χ1v) is 6.77. The molecule has 2 nitrogen and oxygen atoms in total. The first-order chi connectivity index (χ1) is 7.85. The van der Waals surface area contributed by atoms with Gasteiger partial charge >= 0.3 is 0 Å². The van der Waals surface area contributed by atoms with Crippen molar-refractivity contribution in [2.45, 2.75) is 32.8 Å². The van der Waals surface area contributed by atoms with E-state index < -0.39 is 0 Å². The fourth-order valence-electron chi connectivity index (χ4n) is 1.38. The monoisotopic (exact) mass is 319 g/mol. The molecule has 17 heavy (non-hydrogen) atoms. The molecular formula is C13H19BrClNO. The van der Waals surface area contributed by atoms with Crippen LogP contribution in [0.15, 0.2) is 16.6 Å². The summed E-state index contributed by atoms with van der Waals surface area (Å²) in [6.45, 7) is 6.99. The smallest absolute Gasteiger partial charge is 0.0639 e. The van der Waals surface area contributed by atoms with E-state index in [0.29, 0.717) is 0 Å². The summed E-state index contributed by atoms with van der Waals surface area (Å²) in [5.74, 6) is 0. The number of methoxy groups -OCH3 is 1. The van der Waals surface area contributed by atoms with Crippen molar-refractivity contribution in [2.24, 2.45) is 0 Å². The standard InChI is InChI=1S/C13H19BrClNO/c1-9-7-10(14)12(8-11(9)15)16-6-5-13(2,3)17-4/h7-8,16H,5-6H2,1-4H3. The Morgan fingerprint density at radius 1 is 1.41 bits per heavy atom. The van der Waals surface area contributed by atoms with Gasteiger partial charge in [0.1, 0.15) is 0 Å². The van der Waals surface area contributed by atoms with Crippen LogP contribution < -0.4 is 5.32 Å². The molecule has 0 heterocycles. The van der Waals surface area contributed by atoms with E-state index >= 15 is 0 Å². The van der Waals surface area contributed by atoms with Crippen LogP contribution in [-0.4, -0.2) is 19.3 Å². The average molecular weight is 321 g/mol. The Hall–Kier alpha value is -0.250. The van der Waals surface area contributed by atoms with E-state index in [2.05, 4.69) is 35.1 Å². The first kappa shape index (κ1) is 14.8. The highest BCUT2D eigenvalue weighted by atomic mass is 79.9. The van der Waals surface area contributed by atoms with Crippen LogP contribution >= 0.6 is 27.5 Å². The molecule has 0 saturated carbocycles. The van der Waals surface area contributed by atoms with Gasteiger partial charge in [0.15, 0.2) is 0 Å². The SMILES string of the molecule is COC(C)(C)CCNc1cc(Cl)c(C)cc1Br. The van der Waals surface area contributed by atoms with Crippen LogP contribution in [0.1, 0.15) is 25.8 Å². The minimum absolute atomic E-state index is 0.103. The fraction of sp³-hybridized carbons (Fsp3) is 0.538. The summed E-state index contributed by atoms with van der Waals surface area (Å²) >= 11 is 9.62. The lowest BCUT2D eigenvalue weighted by Gasteiger charge is -2.23. The van der Waals surface area contributed by atoms with Crippen LogP contribution in [0.5, 0.6) is 0 Å². The minimum atomic E-state index is -0.103. The Labute approximate surface area is 117 Å². The van der Waals surface area contributed by atoms with E-state index in [4.69, 9.17) is 16.3 Å².